The highest BCUT2D eigenvalue weighted by molar-refractivity contribution is 5.88. The van der Waals surface area contributed by atoms with Crippen molar-refractivity contribution in [3.63, 3.8) is 0 Å². The number of rotatable bonds is 7. The van der Waals surface area contributed by atoms with Gasteiger partial charge in [-0.15, -0.1) is 0 Å². The summed E-state index contributed by atoms with van der Waals surface area (Å²) >= 11 is 0. The van der Waals surface area contributed by atoms with Crippen molar-refractivity contribution in [1.29, 1.82) is 0 Å². The van der Waals surface area contributed by atoms with Crippen LogP contribution >= 0.6 is 0 Å². The van der Waals surface area contributed by atoms with Crippen molar-refractivity contribution >= 4 is 10.8 Å². The molecule has 0 aromatic heterocycles. The highest BCUT2D eigenvalue weighted by Crippen LogP contribution is 2.25. The molecule has 2 N–H and O–H groups in total. The average Bonchev–Trinajstić information content (AvgIpc) is 2.61. The molecule has 0 amide bonds. The van der Waals surface area contributed by atoms with Crippen molar-refractivity contribution in [2.75, 3.05) is 13.2 Å². The molecule has 23 heavy (non-hydrogen) atoms. The number of ether oxygens (including phenoxy) is 1. The highest BCUT2D eigenvalue weighted by Gasteiger charge is 2.13. The second-order valence-electron chi connectivity index (χ2n) is 6.52. The molecule has 0 heterocycles. The van der Waals surface area contributed by atoms with Gasteiger partial charge in [0, 0.05) is 11.4 Å². The Bertz CT molecular complexity index is 602. The number of hydrogen-bond donors (Lipinski definition) is 2. The summed E-state index contributed by atoms with van der Waals surface area (Å²) < 4.78 is 5.85. The molecule has 1 saturated carbocycles. The third kappa shape index (κ3) is 4.69. The number of aliphatic hydroxyl groups is 1. The third-order valence-electron chi connectivity index (χ3n) is 4.70. The SMILES string of the molecule is OC(CCNC1CCCCC1)COc1cccc2ccccc12. The Kier molecular flexibility index (Phi) is 5.89. The fraction of sp³-hybridized carbons (Fsp3) is 0.500. The van der Waals surface area contributed by atoms with Gasteiger partial charge in [0.05, 0.1) is 6.10 Å². The van der Waals surface area contributed by atoms with Gasteiger partial charge in [0.2, 0.25) is 0 Å². The van der Waals surface area contributed by atoms with E-state index in [2.05, 4.69) is 23.5 Å². The normalized spacial score (nSPS) is 17.3. The van der Waals surface area contributed by atoms with Crippen LogP contribution in [0.1, 0.15) is 38.5 Å². The molecular weight excluding hydrogens is 286 g/mol. The Morgan fingerprint density at radius 1 is 1.04 bits per heavy atom. The third-order valence-corrected chi connectivity index (χ3v) is 4.70. The molecule has 0 spiro atoms. The van der Waals surface area contributed by atoms with E-state index < -0.39 is 6.10 Å². The molecule has 2 aromatic rings. The maximum absolute atomic E-state index is 10.1. The smallest absolute Gasteiger partial charge is 0.127 e. The molecule has 1 atom stereocenters. The predicted octanol–water partition coefficient (Wildman–Crippen LogP) is 3.89. The molecule has 0 saturated heterocycles. The van der Waals surface area contributed by atoms with Crippen LogP contribution in [0, 0.1) is 0 Å². The Morgan fingerprint density at radius 2 is 1.83 bits per heavy atom. The predicted molar refractivity (Wildman–Crippen MR) is 94.9 cm³/mol. The summed E-state index contributed by atoms with van der Waals surface area (Å²) in [5.74, 6) is 0.849. The minimum Gasteiger partial charge on any atom is -0.490 e. The van der Waals surface area contributed by atoms with Crippen LogP contribution in [0.4, 0.5) is 0 Å². The van der Waals surface area contributed by atoms with Gasteiger partial charge in [-0.05, 0) is 37.3 Å². The Balaban J connectivity index is 1.44. The van der Waals surface area contributed by atoms with Gasteiger partial charge >= 0.3 is 0 Å². The molecule has 1 aliphatic rings. The molecule has 2 aromatic carbocycles. The Labute approximate surface area is 138 Å². The number of fused-ring (bicyclic) bond motifs is 1. The number of hydrogen-bond acceptors (Lipinski definition) is 3. The van der Waals surface area contributed by atoms with Crippen LogP contribution in [0.25, 0.3) is 10.8 Å². The van der Waals surface area contributed by atoms with Gasteiger partial charge in [-0.3, -0.25) is 0 Å². The molecule has 124 valence electrons. The first kappa shape index (κ1) is 16.3. The molecule has 0 bridgehead atoms. The molecular formula is C20H27NO2. The Hall–Kier alpha value is -1.58. The van der Waals surface area contributed by atoms with Crippen LogP contribution in [0.3, 0.4) is 0 Å². The van der Waals surface area contributed by atoms with Crippen molar-refractivity contribution < 1.29 is 9.84 Å². The van der Waals surface area contributed by atoms with Gasteiger partial charge in [-0.1, -0.05) is 55.7 Å². The molecule has 1 unspecified atom stereocenters. The summed E-state index contributed by atoms with van der Waals surface area (Å²) in [4.78, 5) is 0. The quantitative estimate of drug-likeness (QED) is 0.815. The van der Waals surface area contributed by atoms with Crippen molar-refractivity contribution in [1.82, 2.24) is 5.32 Å². The molecule has 1 aliphatic carbocycles. The zero-order valence-electron chi connectivity index (χ0n) is 13.7. The maximum atomic E-state index is 10.1. The fourth-order valence-corrected chi connectivity index (χ4v) is 3.35. The van der Waals surface area contributed by atoms with Crippen LogP contribution in [-0.2, 0) is 0 Å². The minimum atomic E-state index is -0.426. The molecule has 3 heteroatoms. The zero-order valence-corrected chi connectivity index (χ0v) is 13.7. The fourth-order valence-electron chi connectivity index (χ4n) is 3.35. The summed E-state index contributed by atoms with van der Waals surface area (Å²) in [6, 6.07) is 14.9. The second kappa shape index (κ2) is 8.32. The number of benzene rings is 2. The summed E-state index contributed by atoms with van der Waals surface area (Å²) in [5.41, 5.74) is 0. The molecule has 3 rings (SSSR count). The van der Waals surface area contributed by atoms with Crippen molar-refractivity contribution in [3.8, 4) is 5.75 Å². The van der Waals surface area contributed by atoms with Crippen LogP contribution in [-0.4, -0.2) is 30.4 Å². The monoisotopic (exact) mass is 313 g/mol. The minimum absolute atomic E-state index is 0.348. The summed E-state index contributed by atoms with van der Waals surface area (Å²) in [6.07, 6.45) is 6.92. The van der Waals surface area contributed by atoms with Gasteiger partial charge in [0.1, 0.15) is 12.4 Å². The lowest BCUT2D eigenvalue weighted by molar-refractivity contribution is 0.0995. The largest absolute Gasteiger partial charge is 0.490 e. The van der Waals surface area contributed by atoms with Gasteiger partial charge < -0.3 is 15.2 Å². The van der Waals surface area contributed by atoms with E-state index in [0.29, 0.717) is 12.6 Å². The van der Waals surface area contributed by atoms with Gasteiger partial charge in [0.25, 0.3) is 0 Å². The Morgan fingerprint density at radius 3 is 2.70 bits per heavy atom. The van der Waals surface area contributed by atoms with Gasteiger partial charge in [-0.2, -0.15) is 0 Å². The van der Waals surface area contributed by atoms with Crippen LogP contribution < -0.4 is 10.1 Å². The van der Waals surface area contributed by atoms with E-state index in [1.54, 1.807) is 0 Å². The molecule has 1 fully saturated rings. The van der Waals surface area contributed by atoms with E-state index in [4.69, 9.17) is 4.74 Å². The van der Waals surface area contributed by atoms with E-state index in [-0.39, 0.29) is 0 Å². The van der Waals surface area contributed by atoms with E-state index in [9.17, 15) is 5.11 Å². The first-order valence-corrected chi connectivity index (χ1v) is 8.85. The highest BCUT2D eigenvalue weighted by atomic mass is 16.5. The molecule has 3 nitrogen and oxygen atoms in total. The molecule has 0 radical (unpaired) electrons. The van der Waals surface area contributed by atoms with Crippen LogP contribution in [0.15, 0.2) is 42.5 Å². The van der Waals surface area contributed by atoms with Crippen molar-refractivity contribution in [2.45, 2.75) is 50.7 Å². The second-order valence-corrected chi connectivity index (χ2v) is 6.52. The van der Waals surface area contributed by atoms with E-state index in [0.717, 1.165) is 24.1 Å². The van der Waals surface area contributed by atoms with E-state index in [1.165, 1.54) is 37.5 Å². The number of nitrogens with one attached hydrogen (secondary N) is 1. The van der Waals surface area contributed by atoms with E-state index in [1.807, 2.05) is 24.3 Å². The van der Waals surface area contributed by atoms with E-state index >= 15 is 0 Å². The van der Waals surface area contributed by atoms with Crippen molar-refractivity contribution in [2.24, 2.45) is 0 Å². The first-order valence-electron chi connectivity index (χ1n) is 8.85. The first-order chi connectivity index (χ1) is 11.3. The lowest BCUT2D eigenvalue weighted by Gasteiger charge is -2.23. The summed E-state index contributed by atoms with van der Waals surface area (Å²) in [6.45, 7) is 1.21. The topological polar surface area (TPSA) is 41.5 Å². The number of aliphatic hydroxyl groups excluding tert-OH is 1. The summed E-state index contributed by atoms with van der Waals surface area (Å²) in [5, 5.41) is 16.0. The van der Waals surface area contributed by atoms with Crippen LogP contribution in [0.2, 0.25) is 0 Å². The standard InChI is InChI=1S/C20H27NO2/c22-18(13-14-21-17-9-2-1-3-10-17)15-23-20-12-6-8-16-7-4-5-11-19(16)20/h4-8,11-12,17-18,21-22H,1-3,9-10,13-15H2. The average molecular weight is 313 g/mol. The molecule has 0 aliphatic heterocycles. The summed E-state index contributed by atoms with van der Waals surface area (Å²) in [7, 11) is 0. The van der Waals surface area contributed by atoms with Gasteiger partial charge in [-0.25, -0.2) is 0 Å². The zero-order chi connectivity index (χ0) is 15.9. The van der Waals surface area contributed by atoms with Gasteiger partial charge in [0.15, 0.2) is 0 Å². The van der Waals surface area contributed by atoms with Crippen LogP contribution in [0.5, 0.6) is 5.75 Å². The maximum Gasteiger partial charge on any atom is 0.127 e. The lowest BCUT2D eigenvalue weighted by Crippen LogP contribution is -2.34. The lowest BCUT2D eigenvalue weighted by atomic mass is 9.95. The van der Waals surface area contributed by atoms with Crippen molar-refractivity contribution in [3.05, 3.63) is 42.5 Å².